The molecule has 3 aromatic heterocycles. The van der Waals surface area contributed by atoms with Crippen LogP contribution in [0.5, 0.6) is 5.88 Å². The van der Waals surface area contributed by atoms with Crippen LogP contribution < -0.4 is 15.5 Å². The number of aromatic nitrogens is 5. The van der Waals surface area contributed by atoms with Crippen molar-refractivity contribution < 1.29 is 4.74 Å². The van der Waals surface area contributed by atoms with Gasteiger partial charge in [0.05, 0.1) is 25.2 Å². The van der Waals surface area contributed by atoms with E-state index in [0.29, 0.717) is 34.7 Å². The number of hydrogen-bond acceptors (Lipinski definition) is 7. The lowest BCUT2D eigenvalue weighted by atomic mass is 10.1. The number of nitrogens with one attached hydrogen (secondary N) is 3. The number of aromatic amines is 2. The summed E-state index contributed by atoms with van der Waals surface area (Å²) >= 11 is 0. The van der Waals surface area contributed by atoms with Crippen LogP contribution in [0.4, 0.5) is 11.6 Å². The van der Waals surface area contributed by atoms with Gasteiger partial charge in [-0.1, -0.05) is 0 Å². The summed E-state index contributed by atoms with van der Waals surface area (Å²) in [7, 11) is 1.52. The zero-order chi connectivity index (χ0) is 18.1. The van der Waals surface area contributed by atoms with Crippen LogP contribution in [0.2, 0.25) is 0 Å². The van der Waals surface area contributed by atoms with E-state index in [4.69, 9.17) is 10.00 Å². The van der Waals surface area contributed by atoms with E-state index in [9.17, 15) is 4.79 Å². The number of nitriles is 1. The van der Waals surface area contributed by atoms with E-state index in [1.807, 2.05) is 6.07 Å². The summed E-state index contributed by atoms with van der Waals surface area (Å²) in [6.45, 7) is 0. The van der Waals surface area contributed by atoms with Crippen LogP contribution in [-0.4, -0.2) is 32.3 Å². The molecule has 1 saturated carbocycles. The van der Waals surface area contributed by atoms with E-state index in [-0.39, 0.29) is 11.1 Å². The molecule has 0 amide bonds. The third kappa shape index (κ3) is 3.00. The normalized spacial score (nSPS) is 13.2. The summed E-state index contributed by atoms with van der Waals surface area (Å²) in [5.74, 6) is 1.73. The molecule has 0 atom stereocenters. The van der Waals surface area contributed by atoms with Gasteiger partial charge in [0.1, 0.15) is 17.5 Å². The molecule has 4 rings (SSSR count). The van der Waals surface area contributed by atoms with Crippen molar-refractivity contribution in [1.82, 2.24) is 25.1 Å². The van der Waals surface area contributed by atoms with Gasteiger partial charge in [-0.25, -0.2) is 9.97 Å². The predicted molar refractivity (Wildman–Crippen MR) is 93.2 cm³/mol. The van der Waals surface area contributed by atoms with Crippen molar-refractivity contribution >= 4 is 11.6 Å². The van der Waals surface area contributed by atoms with Crippen LogP contribution in [0.3, 0.4) is 0 Å². The van der Waals surface area contributed by atoms with Gasteiger partial charge in [-0.2, -0.15) is 10.4 Å². The zero-order valence-corrected chi connectivity index (χ0v) is 13.9. The summed E-state index contributed by atoms with van der Waals surface area (Å²) in [4.78, 5) is 23.8. The van der Waals surface area contributed by atoms with Gasteiger partial charge in [-0.15, -0.1) is 0 Å². The van der Waals surface area contributed by atoms with Crippen molar-refractivity contribution in [3.8, 4) is 23.2 Å². The molecule has 130 valence electrons. The Bertz CT molecular complexity index is 1040. The fourth-order valence-electron chi connectivity index (χ4n) is 2.67. The highest BCUT2D eigenvalue weighted by atomic mass is 16.5. The Hall–Kier alpha value is -3.67. The number of nitrogens with zero attached hydrogens (tertiary/aromatic N) is 4. The van der Waals surface area contributed by atoms with Gasteiger partial charge in [0.25, 0.3) is 0 Å². The second kappa shape index (κ2) is 6.33. The average Bonchev–Trinajstić information content (AvgIpc) is 3.42. The minimum Gasteiger partial charge on any atom is -0.482 e. The lowest BCUT2D eigenvalue weighted by Gasteiger charge is -2.08. The smallest absolute Gasteiger partial charge is 0.204 e. The molecule has 0 unspecified atom stereocenters. The van der Waals surface area contributed by atoms with Gasteiger partial charge in [0.15, 0.2) is 16.9 Å². The Kier molecular flexibility index (Phi) is 3.85. The number of methoxy groups -OCH3 is 1. The third-order valence-corrected chi connectivity index (χ3v) is 4.11. The highest BCUT2D eigenvalue weighted by Crippen LogP contribution is 2.40. The van der Waals surface area contributed by atoms with E-state index >= 15 is 0 Å². The summed E-state index contributed by atoms with van der Waals surface area (Å²) < 4.78 is 5.38. The second-order valence-electron chi connectivity index (χ2n) is 5.96. The fraction of sp³-hybridized carbons (Fsp3) is 0.235. The maximum Gasteiger partial charge on any atom is 0.204 e. The van der Waals surface area contributed by atoms with Gasteiger partial charge in [0, 0.05) is 17.8 Å². The highest BCUT2D eigenvalue weighted by molar-refractivity contribution is 5.69. The Morgan fingerprint density at radius 3 is 2.77 bits per heavy atom. The van der Waals surface area contributed by atoms with Crippen LogP contribution in [0.1, 0.15) is 30.1 Å². The average molecular weight is 349 g/mol. The summed E-state index contributed by atoms with van der Waals surface area (Å²) in [5, 5.41) is 18.7. The molecule has 1 aliphatic carbocycles. The van der Waals surface area contributed by atoms with Gasteiger partial charge in [-0.3, -0.25) is 9.89 Å². The Labute approximate surface area is 148 Å². The maximum absolute atomic E-state index is 12.6. The first-order valence-electron chi connectivity index (χ1n) is 8.04. The summed E-state index contributed by atoms with van der Waals surface area (Å²) in [5.41, 5.74) is 1.92. The molecule has 1 aliphatic rings. The minimum absolute atomic E-state index is 0.129. The fourth-order valence-corrected chi connectivity index (χ4v) is 2.67. The van der Waals surface area contributed by atoms with E-state index in [0.717, 1.165) is 18.5 Å². The minimum atomic E-state index is -0.129. The second-order valence-corrected chi connectivity index (χ2v) is 5.96. The first-order chi connectivity index (χ1) is 12.7. The van der Waals surface area contributed by atoms with Gasteiger partial charge < -0.3 is 15.0 Å². The van der Waals surface area contributed by atoms with Crippen molar-refractivity contribution in [2.75, 3.05) is 12.4 Å². The SMILES string of the molecule is COc1[nH]c(C2CC2)cc(=O)c1-c1cc(Nc2cnc(C#N)cn2)n[nH]1. The summed E-state index contributed by atoms with van der Waals surface area (Å²) in [6, 6.07) is 5.21. The molecule has 0 aromatic carbocycles. The first-order valence-corrected chi connectivity index (χ1v) is 8.04. The molecule has 3 heterocycles. The molecule has 0 bridgehead atoms. The van der Waals surface area contributed by atoms with Crippen molar-refractivity contribution in [3.05, 3.63) is 46.1 Å². The topological polar surface area (TPSA) is 132 Å². The molecule has 0 saturated heterocycles. The molecule has 0 spiro atoms. The number of ether oxygens (including phenoxy) is 1. The van der Waals surface area contributed by atoms with Crippen molar-refractivity contribution in [2.24, 2.45) is 0 Å². The Morgan fingerprint density at radius 1 is 1.27 bits per heavy atom. The van der Waals surface area contributed by atoms with Crippen LogP contribution in [0, 0.1) is 11.3 Å². The molecule has 9 heteroatoms. The largest absolute Gasteiger partial charge is 0.482 e. The quantitative estimate of drug-likeness (QED) is 0.642. The van der Waals surface area contributed by atoms with E-state index in [2.05, 4.69) is 30.5 Å². The number of anilines is 2. The highest BCUT2D eigenvalue weighted by Gasteiger charge is 2.26. The van der Waals surface area contributed by atoms with Crippen LogP contribution in [0.25, 0.3) is 11.3 Å². The maximum atomic E-state index is 12.6. The molecule has 3 aromatic rings. The zero-order valence-electron chi connectivity index (χ0n) is 13.9. The van der Waals surface area contributed by atoms with Crippen LogP contribution in [0.15, 0.2) is 29.3 Å². The number of pyridine rings is 1. The number of H-pyrrole nitrogens is 2. The lowest BCUT2D eigenvalue weighted by Crippen LogP contribution is -2.10. The molecule has 3 N–H and O–H groups in total. The molecule has 9 nitrogen and oxygen atoms in total. The predicted octanol–water partition coefficient (Wildman–Crippen LogP) is 2.06. The molecule has 1 fully saturated rings. The Balaban J connectivity index is 1.63. The van der Waals surface area contributed by atoms with Gasteiger partial charge in [-0.05, 0) is 18.8 Å². The van der Waals surface area contributed by atoms with E-state index < -0.39 is 0 Å². The van der Waals surface area contributed by atoms with E-state index in [1.165, 1.54) is 19.5 Å². The first kappa shape index (κ1) is 15.8. The third-order valence-electron chi connectivity index (χ3n) is 4.11. The standard InChI is InChI=1S/C17H15N7O2/c1-26-17-16(13(25)4-11(21-17)9-2-3-9)12-5-14(24-23-12)22-15-8-19-10(6-18)7-20-15/h4-5,7-9H,2-3H2,1H3,(H,21,25)(H2,20,22,23,24). The molecular weight excluding hydrogens is 334 g/mol. The van der Waals surface area contributed by atoms with Gasteiger partial charge in [0.2, 0.25) is 5.88 Å². The van der Waals surface area contributed by atoms with Crippen molar-refractivity contribution in [3.63, 3.8) is 0 Å². The molecule has 0 aliphatic heterocycles. The molecule has 26 heavy (non-hydrogen) atoms. The molecular formula is C17H15N7O2. The van der Waals surface area contributed by atoms with E-state index in [1.54, 1.807) is 12.1 Å². The van der Waals surface area contributed by atoms with Crippen LogP contribution >= 0.6 is 0 Å². The van der Waals surface area contributed by atoms with Crippen molar-refractivity contribution in [2.45, 2.75) is 18.8 Å². The van der Waals surface area contributed by atoms with Crippen molar-refractivity contribution in [1.29, 1.82) is 5.26 Å². The number of hydrogen-bond donors (Lipinski definition) is 3. The number of rotatable bonds is 5. The van der Waals surface area contributed by atoms with Gasteiger partial charge >= 0.3 is 0 Å². The molecule has 0 radical (unpaired) electrons. The lowest BCUT2D eigenvalue weighted by molar-refractivity contribution is 0.397. The monoisotopic (exact) mass is 349 g/mol. The Morgan fingerprint density at radius 2 is 2.12 bits per heavy atom. The van der Waals surface area contributed by atoms with Crippen LogP contribution in [-0.2, 0) is 0 Å². The summed E-state index contributed by atoms with van der Waals surface area (Å²) in [6.07, 6.45) is 4.97.